The number of thiazole rings is 1. The van der Waals surface area contributed by atoms with Crippen LogP contribution >= 0.6 is 46.3 Å². The molecule has 7 nitrogen and oxygen atoms in total. The third-order valence-corrected chi connectivity index (χ3v) is 6.65. The van der Waals surface area contributed by atoms with Gasteiger partial charge in [0.1, 0.15) is 12.4 Å². The van der Waals surface area contributed by atoms with Crippen molar-refractivity contribution in [2.24, 2.45) is 7.05 Å². The zero-order valence-electron chi connectivity index (χ0n) is 16.8. The van der Waals surface area contributed by atoms with E-state index in [1.165, 1.54) is 23.1 Å². The van der Waals surface area contributed by atoms with Crippen molar-refractivity contribution in [3.05, 3.63) is 69.8 Å². The lowest BCUT2D eigenvalue weighted by Gasteiger charge is -2.08. The Balaban J connectivity index is 1.30. The Hall–Kier alpha value is -2.59. The molecule has 11 heteroatoms. The van der Waals surface area contributed by atoms with Crippen molar-refractivity contribution in [3.63, 3.8) is 0 Å². The molecule has 0 aliphatic carbocycles. The van der Waals surface area contributed by atoms with Gasteiger partial charge in [-0.25, -0.2) is 4.98 Å². The molecule has 0 fully saturated rings. The highest BCUT2D eigenvalue weighted by molar-refractivity contribution is 7.99. The second-order valence-electron chi connectivity index (χ2n) is 6.56. The number of nitrogens with zero attached hydrogens (tertiary/aromatic N) is 4. The quantitative estimate of drug-likeness (QED) is 0.316. The van der Waals surface area contributed by atoms with Crippen LogP contribution in [0.4, 0.5) is 5.13 Å². The number of halogens is 2. The highest BCUT2D eigenvalue weighted by atomic mass is 35.5. The first-order valence-electron chi connectivity index (χ1n) is 9.39. The van der Waals surface area contributed by atoms with Crippen molar-refractivity contribution in [2.45, 2.75) is 11.8 Å². The maximum Gasteiger partial charge on any atom is 0.236 e. The van der Waals surface area contributed by atoms with Crippen LogP contribution in [0.5, 0.6) is 5.75 Å². The van der Waals surface area contributed by atoms with E-state index in [9.17, 15) is 4.79 Å². The summed E-state index contributed by atoms with van der Waals surface area (Å²) in [6.07, 6.45) is 0. The van der Waals surface area contributed by atoms with Crippen molar-refractivity contribution in [2.75, 3.05) is 11.1 Å². The van der Waals surface area contributed by atoms with E-state index in [2.05, 4.69) is 20.5 Å². The molecule has 0 unspecified atom stereocenters. The van der Waals surface area contributed by atoms with E-state index in [1.54, 1.807) is 22.8 Å². The molecule has 0 atom stereocenters. The largest absolute Gasteiger partial charge is 0.484 e. The summed E-state index contributed by atoms with van der Waals surface area (Å²) in [6.45, 7) is 0.164. The van der Waals surface area contributed by atoms with Crippen LogP contribution in [0.25, 0.3) is 11.3 Å². The summed E-state index contributed by atoms with van der Waals surface area (Å²) < 4.78 is 7.48. The van der Waals surface area contributed by atoms with Gasteiger partial charge in [0.15, 0.2) is 16.1 Å². The van der Waals surface area contributed by atoms with E-state index in [0.717, 1.165) is 11.3 Å². The van der Waals surface area contributed by atoms with E-state index in [1.807, 2.05) is 42.8 Å². The van der Waals surface area contributed by atoms with Crippen LogP contribution in [-0.4, -0.2) is 31.4 Å². The first-order chi connectivity index (χ1) is 15.5. The summed E-state index contributed by atoms with van der Waals surface area (Å²) in [5, 5.41) is 15.1. The van der Waals surface area contributed by atoms with Crippen LogP contribution in [0.3, 0.4) is 0 Å². The first kappa shape index (κ1) is 22.6. The molecule has 0 saturated heterocycles. The summed E-state index contributed by atoms with van der Waals surface area (Å²) in [5.41, 5.74) is 1.84. The Bertz CT molecular complexity index is 1230. The predicted octanol–water partition coefficient (Wildman–Crippen LogP) is 5.56. The smallest absolute Gasteiger partial charge is 0.236 e. The van der Waals surface area contributed by atoms with E-state index >= 15 is 0 Å². The number of anilines is 1. The minimum Gasteiger partial charge on any atom is -0.484 e. The van der Waals surface area contributed by atoms with E-state index in [0.29, 0.717) is 31.9 Å². The van der Waals surface area contributed by atoms with E-state index in [4.69, 9.17) is 27.9 Å². The average molecular weight is 506 g/mol. The summed E-state index contributed by atoms with van der Waals surface area (Å²) in [6, 6.07) is 14.8. The highest BCUT2D eigenvalue weighted by Gasteiger charge is 2.14. The highest BCUT2D eigenvalue weighted by Crippen LogP contribution is 2.29. The molecule has 0 aliphatic rings. The summed E-state index contributed by atoms with van der Waals surface area (Å²) >= 11 is 14.8. The van der Waals surface area contributed by atoms with E-state index in [-0.39, 0.29) is 18.3 Å². The molecule has 2 aromatic carbocycles. The molecule has 4 rings (SSSR count). The molecular weight excluding hydrogens is 489 g/mol. The van der Waals surface area contributed by atoms with Crippen LogP contribution in [0, 0.1) is 0 Å². The number of carbonyl (C=O) groups is 1. The van der Waals surface area contributed by atoms with Gasteiger partial charge in [0, 0.05) is 29.1 Å². The number of nitrogens with one attached hydrogen (secondary N) is 1. The SMILES string of the molecule is Cn1c(COc2cc(Cl)ccc2Cl)nnc1SCC(=O)Nc1nc(-c2ccccc2)cs1. The molecule has 4 aromatic rings. The van der Waals surface area contributed by atoms with Gasteiger partial charge in [-0.2, -0.15) is 0 Å². The van der Waals surface area contributed by atoms with Crippen LogP contribution < -0.4 is 10.1 Å². The maximum atomic E-state index is 12.4. The number of benzene rings is 2. The lowest BCUT2D eigenvalue weighted by Crippen LogP contribution is -2.14. The normalized spacial score (nSPS) is 10.8. The van der Waals surface area contributed by atoms with Crippen molar-refractivity contribution in [1.82, 2.24) is 19.7 Å². The molecule has 2 heterocycles. The molecule has 0 aliphatic heterocycles. The van der Waals surface area contributed by atoms with Gasteiger partial charge in [-0.1, -0.05) is 65.3 Å². The lowest BCUT2D eigenvalue weighted by atomic mass is 10.2. The molecule has 2 aromatic heterocycles. The molecule has 1 N–H and O–H groups in total. The number of aromatic nitrogens is 4. The van der Waals surface area contributed by atoms with Crippen molar-refractivity contribution >= 4 is 57.3 Å². The number of hydrogen-bond donors (Lipinski definition) is 1. The number of rotatable bonds is 8. The monoisotopic (exact) mass is 505 g/mol. The fourth-order valence-electron chi connectivity index (χ4n) is 2.68. The Morgan fingerprint density at radius 1 is 1.19 bits per heavy atom. The zero-order chi connectivity index (χ0) is 22.5. The zero-order valence-corrected chi connectivity index (χ0v) is 19.9. The van der Waals surface area contributed by atoms with Crippen LogP contribution in [0.2, 0.25) is 10.0 Å². The number of ether oxygens (including phenoxy) is 1. The summed E-state index contributed by atoms with van der Waals surface area (Å²) in [5.74, 6) is 1.06. The van der Waals surface area contributed by atoms with Gasteiger partial charge >= 0.3 is 0 Å². The number of thioether (sulfide) groups is 1. The van der Waals surface area contributed by atoms with Gasteiger partial charge in [-0.15, -0.1) is 21.5 Å². The van der Waals surface area contributed by atoms with Crippen LogP contribution in [-0.2, 0) is 18.4 Å². The van der Waals surface area contributed by atoms with Gasteiger partial charge < -0.3 is 14.6 Å². The molecular formula is C21H17Cl2N5O2S2. The predicted molar refractivity (Wildman–Crippen MR) is 129 cm³/mol. The molecule has 0 spiro atoms. The standard InChI is InChI=1S/C21H17Cl2N5O2S2/c1-28-18(10-30-17-9-14(22)7-8-15(17)23)26-27-21(28)32-12-19(29)25-20-24-16(11-31-20)13-5-3-2-4-6-13/h2-9,11H,10,12H2,1H3,(H,24,25,29). The van der Waals surface area contributed by atoms with Crippen LogP contribution in [0.1, 0.15) is 5.82 Å². The fraction of sp³-hybridized carbons (Fsp3) is 0.143. The van der Waals surface area contributed by atoms with Crippen LogP contribution in [0.15, 0.2) is 59.1 Å². The van der Waals surface area contributed by atoms with Gasteiger partial charge in [-0.3, -0.25) is 4.79 Å². The maximum absolute atomic E-state index is 12.4. The van der Waals surface area contributed by atoms with E-state index < -0.39 is 0 Å². The minimum atomic E-state index is -0.171. The van der Waals surface area contributed by atoms with Crippen molar-refractivity contribution in [1.29, 1.82) is 0 Å². The first-order valence-corrected chi connectivity index (χ1v) is 12.0. The minimum absolute atomic E-state index is 0.164. The molecule has 0 radical (unpaired) electrons. The number of carbonyl (C=O) groups excluding carboxylic acids is 1. The Kier molecular flexibility index (Phi) is 7.31. The summed E-state index contributed by atoms with van der Waals surface area (Å²) in [4.78, 5) is 16.8. The second-order valence-corrected chi connectivity index (χ2v) is 9.21. The number of hydrogen-bond acceptors (Lipinski definition) is 7. The molecule has 0 saturated carbocycles. The topological polar surface area (TPSA) is 81.9 Å². The average Bonchev–Trinajstić information content (AvgIpc) is 3.40. The second kappa shape index (κ2) is 10.4. The number of amides is 1. The van der Waals surface area contributed by atoms with Gasteiger partial charge in [0.25, 0.3) is 0 Å². The van der Waals surface area contributed by atoms with Crippen molar-refractivity contribution in [3.8, 4) is 17.0 Å². The Labute approximate surface area is 202 Å². The summed E-state index contributed by atoms with van der Waals surface area (Å²) in [7, 11) is 1.81. The molecule has 1 amide bonds. The van der Waals surface area contributed by atoms with Gasteiger partial charge in [-0.05, 0) is 12.1 Å². The molecule has 32 heavy (non-hydrogen) atoms. The van der Waals surface area contributed by atoms with Gasteiger partial charge in [0.05, 0.1) is 16.5 Å². The Morgan fingerprint density at radius 3 is 2.81 bits per heavy atom. The van der Waals surface area contributed by atoms with Gasteiger partial charge in [0.2, 0.25) is 5.91 Å². The lowest BCUT2D eigenvalue weighted by molar-refractivity contribution is -0.113. The fourth-order valence-corrected chi connectivity index (χ4v) is 4.48. The Morgan fingerprint density at radius 2 is 2.00 bits per heavy atom. The molecule has 0 bridgehead atoms. The molecule has 164 valence electrons. The third kappa shape index (κ3) is 5.60. The third-order valence-electron chi connectivity index (χ3n) is 4.33. The van der Waals surface area contributed by atoms with Crippen molar-refractivity contribution < 1.29 is 9.53 Å².